The van der Waals surface area contributed by atoms with Crippen LogP contribution in [0.25, 0.3) is 11.1 Å². The van der Waals surface area contributed by atoms with Crippen molar-refractivity contribution in [2.75, 3.05) is 48.0 Å². The zero-order valence-electron chi connectivity index (χ0n) is 22.3. The summed E-state index contributed by atoms with van der Waals surface area (Å²) < 4.78 is 5.83. The molecule has 2 N–H and O–H groups in total. The Morgan fingerprint density at radius 2 is 1.84 bits per heavy atom. The molecule has 1 aliphatic rings. The summed E-state index contributed by atoms with van der Waals surface area (Å²) in [5, 5.41) is 12.2. The van der Waals surface area contributed by atoms with E-state index in [1.54, 1.807) is 7.11 Å². The summed E-state index contributed by atoms with van der Waals surface area (Å²) >= 11 is 0. The maximum atomic E-state index is 13.3. The van der Waals surface area contributed by atoms with Gasteiger partial charge in [0.25, 0.3) is 5.91 Å². The number of aliphatic hydroxyl groups is 1. The molecular formula is C30H39N3O4. The molecule has 37 heavy (non-hydrogen) atoms. The highest BCUT2D eigenvalue weighted by Gasteiger charge is 2.19. The summed E-state index contributed by atoms with van der Waals surface area (Å²) in [4.78, 5) is 21.1. The van der Waals surface area contributed by atoms with Crippen LogP contribution in [0.2, 0.25) is 0 Å². The van der Waals surface area contributed by atoms with Gasteiger partial charge in [0.1, 0.15) is 5.75 Å². The minimum atomic E-state index is -0.0739. The minimum Gasteiger partial charge on any atom is -0.496 e. The fourth-order valence-electron chi connectivity index (χ4n) is 4.59. The predicted octanol–water partition coefficient (Wildman–Crippen LogP) is 4.01. The molecule has 3 aromatic rings. The number of ether oxygens (including phenoxy) is 1. The maximum absolute atomic E-state index is 13.3. The summed E-state index contributed by atoms with van der Waals surface area (Å²) in [6.45, 7) is 3.11. The Bertz CT molecular complexity index is 1110. The lowest BCUT2D eigenvalue weighted by atomic mass is 9.98. The first-order valence-electron chi connectivity index (χ1n) is 12.6. The number of hydroxylamine groups is 2. The van der Waals surface area contributed by atoms with Crippen LogP contribution in [0.1, 0.15) is 27.9 Å². The molecule has 1 atom stereocenters. The van der Waals surface area contributed by atoms with Crippen LogP contribution in [0.5, 0.6) is 5.75 Å². The number of rotatable bonds is 10. The molecule has 0 radical (unpaired) electrons. The molecule has 7 nitrogen and oxygen atoms in total. The van der Waals surface area contributed by atoms with Crippen LogP contribution in [-0.2, 0) is 17.8 Å². The van der Waals surface area contributed by atoms with Crippen molar-refractivity contribution in [3.8, 4) is 16.9 Å². The van der Waals surface area contributed by atoms with Crippen molar-refractivity contribution in [2.24, 2.45) is 0 Å². The molecule has 0 spiro atoms. The summed E-state index contributed by atoms with van der Waals surface area (Å²) in [7, 11) is 6.74. The molecule has 1 aliphatic heterocycles. The van der Waals surface area contributed by atoms with Gasteiger partial charge >= 0.3 is 0 Å². The Morgan fingerprint density at radius 3 is 2.51 bits per heavy atom. The van der Waals surface area contributed by atoms with Gasteiger partial charge in [-0.1, -0.05) is 60.7 Å². The van der Waals surface area contributed by atoms with Gasteiger partial charge in [-0.2, -0.15) is 5.06 Å². The van der Waals surface area contributed by atoms with Crippen molar-refractivity contribution in [3.63, 3.8) is 0 Å². The summed E-state index contributed by atoms with van der Waals surface area (Å²) in [5.41, 5.74) is 4.82. The van der Waals surface area contributed by atoms with Gasteiger partial charge in [0.2, 0.25) is 0 Å². The normalized spacial score (nSPS) is 14.1. The van der Waals surface area contributed by atoms with Crippen molar-refractivity contribution in [1.29, 1.82) is 0 Å². The first kappa shape index (κ1) is 28.3. The SMILES string of the molecule is CO.COc1c(CN2CCCO2)cccc1-c1cccc(C(=O)N[C@@H](Cc2ccccc2)CN(C)C)c1. The lowest BCUT2D eigenvalue weighted by Crippen LogP contribution is -2.43. The molecule has 0 aliphatic carbocycles. The van der Waals surface area contributed by atoms with Crippen molar-refractivity contribution in [2.45, 2.75) is 25.4 Å². The smallest absolute Gasteiger partial charge is 0.251 e. The molecule has 0 bridgehead atoms. The number of hydrogen-bond acceptors (Lipinski definition) is 6. The number of nitrogens with one attached hydrogen (secondary N) is 1. The number of nitrogens with zero attached hydrogens (tertiary/aromatic N) is 2. The number of methoxy groups -OCH3 is 1. The number of para-hydroxylation sites is 1. The number of amides is 1. The second-order valence-corrected chi connectivity index (χ2v) is 9.25. The molecule has 0 saturated carbocycles. The van der Waals surface area contributed by atoms with Crippen molar-refractivity contribution < 1.29 is 19.5 Å². The molecule has 1 heterocycles. The number of aliphatic hydroxyl groups excluding tert-OH is 1. The highest BCUT2D eigenvalue weighted by Crippen LogP contribution is 2.34. The Kier molecular flexibility index (Phi) is 11.1. The van der Waals surface area contributed by atoms with Gasteiger partial charge in [-0.25, -0.2) is 0 Å². The van der Waals surface area contributed by atoms with Gasteiger partial charge in [-0.3, -0.25) is 9.63 Å². The topological polar surface area (TPSA) is 74.3 Å². The van der Waals surface area contributed by atoms with Crippen LogP contribution in [0, 0.1) is 0 Å². The number of hydrogen-bond donors (Lipinski definition) is 2. The third kappa shape index (κ3) is 8.13. The molecule has 1 saturated heterocycles. The Morgan fingerprint density at radius 1 is 1.08 bits per heavy atom. The molecule has 1 fully saturated rings. The molecular weight excluding hydrogens is 466 g/mol. The fraction of sp³-hybridized carbons (Fsp3) is 0.367. The molecule has 0 unspecified atom stereocenters. The third-order valence-electron chi connectivity index (χ3n) is 6.15. The molecule has 7 heteroatoms. The van der Waals surface area contributed by atoms with E-state index in [4.69, 9.17) is 14.7 Å². The van der Waals surface area contributed by atoms with Gasteiger partial charge in [0.15, 0.2) is 0 Å². The second-order valence-electron chi connectivity index (χ2n) is 9.25. The van der Waals surface area contributed by atoms with Crippen LogP contribution in [-0.4, -0.2) is 75.0 Å². The third-order valence-corrected chi connectivity index (χ3v) is 6.15. The van der Waals surface area contributed by atoms with Crippen LogP contribution >= 0.6 is 0 Å². The Hall–Kier alpha value is -3.23. The standard InChI is InChI=1S/C29H35N3O3.CH4O/c1-31(2)21-26(18-22-10-5-4-6-11-22)30-29(33)24-13-7-12-23(19-24)27-15-8-14-25(28(27)34-3)20-32-16-9-17-35-32;1-2/h4-8,10-15,19,26H,9,16-18,20-21H2,1-3H3,(H,30,33);2H,1H3/t26-;/m0./s1. The van der Waals surface area contributed by atoms with Crippen LogP contribution in [0.4, 0.5) is 0 Å². The Balaban J connectivity index is 0.00000186. The molecule has 0 aromatic heterocycles. The number of likely N-dealkylation sites (N-methyl/N-ethyl adjacent to an activating group) is 1. The van der Waals surface area contributed by atoms with E-state index in [1.165, 1.54) is 5.56 Å². The first-order valence-corrected chi connectivity index (χ1v) is 12.6. The number of benzene rings is 3. The maximum Gasteiger partial charge on any atom is 0.251 e. The molecule has 198 valence electrons. The van der Waals surface area contributed by atoms with E-state index in [0.29, 0.717) is 12.1 Å². The van der Waals surface area contributed by atoms with Gasteiger partial charge < -0.3 is 20.1 Å². The van der Waals surface area contributed by atoms with E-state index < -0.39 is 0 Å². The number of carbonyl (C=O) groups excluding carboxylic acids is 1. The first-order chi connectivity index (χ1) is 18.0. The van der Waals surface area contributed by atoms with Crippen molar-refractivity contribution in [1.82, 2.24) is 15.3 Å². The lowest BCUT2D eigenvalue weighted by molar-refractivity contribution is -0.117. The largest absolute Gasteiger partial charge is 0.496 e. The number of carbonyl (C=O) groups is 1. The quantitative estimate of drug-likeness (QED) is 0.434. The van der Waals surface area contributed by atoms with Gasteiger partial charge in [0.05, 0.1) is 20.3 Å². The summed E-state index contributed by atoms with van der Waals surface area (Å²) in [6.07, 6.45) is 1.82. The van der Waals surface area contributed by atoms with Gasteiger partial charge in [-0.05, 0) is 50.2 Å². The highest BCUT2D eigenvalue weighted by molar-refractivity contribution is 5.96. The van der Waals surface area contributed by atoms with E-state index >= 15 is 0 Å². The predicted molar refractivity (Wildman–Crippen MR) is 148 cm³/mol. The van der Waals surface area contributed by atoms with Crippen LogP contribution < -0.4 is 10.1 Å². The van der Waals surface area contributed by atoms with E-state index in [2.05, 4.69) is 28.4 Å². The van der Waals surface area contributed by atoms with Crippen molar-refractivity contribution in [3.05, 3.63) is 89.5 Å². The van der Waals surface area contributed by atoms with E-state index in [9.17, 15) is 4.79 Å². The van der Waals surface area contributed by atoms with Crippen LogP contribution in [0.3, 0.4) is 0 Å². The zero-order chi connectivity index (χ0) is 26.6. The average molecular weight is 506 g/mol. The van der Waals surface area contributed by atoms with Crippen molar-refractivity contribution >= 4 is 5.91 Å². The van der Waals surface area contributed by atoms with E-state index in [-0.39, 0.29) is 11.9 Å². The monoisotopic (exact) mass is 505 g/mol. The lowest BCUT2D eigenvalue weighted by Gasteiger charge is -2.23. The average Bonchev–Trinajstić information content (AvgIpc) is 3.43. The molecule has 3 aromatic carbocycles. The summed E-state index contributed by atoms with van der Waals surface area (Å²) in [6, 6.07) is 24.2. The van der Waals surface area contributed by atoms with Gasteiger partial charge in [-0.15, -0.1) is 0 Å². The van der Waals surface area contributed by atoms with E-state index in [1.807, 2.05) is 73.8 Å². The fourth-order valence-corrected chi connectivity index (χ4v) is 4.59. The molecule has 1 amide bonds. The zero-order valence-corrected chi connectivity index (χ0v) is 22.3. The molecule has 4 rings (SSSR count). The van der Waals surface area contributed by atoms with E-state index in [0.717, 1.165) is 62.1 Å². The highest BCUT2D eigenvalue weighted by atomic mass is 16.7. The van der Waals surface area contributed by atoms with Gasteiger partial charge in [0, 0.05) is 42.9 Å². The Labute approximate surface area is 220 Å². The minimum absolute atomic E-state index is 0.00174. The second kappa shape index (κ2) is 14.5. The van der Waals surface area contributed by atoms with Crippen LogP contribution in [0.15, 0.2) is 72.8 Å². The summed E-state index contributed by atoms with van der Waals surface area (Å²) in [5.74, 6) is 0.741.